The molecule has 0 saturated carbocycles. The van der Waals surface area contributed by atoms with E-state index in [0.29, 0.717) is 11.3 Å². The minimum Gasteiger partial charge on any atom is -0.411 e. The Labute approximate surface area is 74.3 Å². The number of hydrogen-bond donors (Lipinski definition) is 1. The topological polar surface area (TPSA) is 32.6 Å². The van der Waals surface area contributed by atoms with Crippen molar-refractivity contribution in [1.82, 2.24) is 0 Å². The maximum Gasteiger partial charge on any atom is 0.123 e. The molecule has 0 amide bonds. The molecule has 1 rings (SSSR count). The van der Waals surface area contributed by atoms with Gasteiger partial charge >= 0.3 is 0 Å². The molecule has 0 spiro atoms. The zero-order chi connectivity index (χ0) is 8.97. The molecule has 0 aliphatic rings. The van der Waals surface area contributed by atoms with Crippen molar-refractivity contribution in [3.63, 3.8) is 0 Å². The molecular weight excluding hydrogens is 181 g/mol. The summed E-state index contributed by atoms with van der Waals surface area (Å²) >= 11 is 5.46. The third-order valence-electron chi connectivity index (χ3n) is 1.42. The Morgan fingerprint density at radius 3 is 2.42 bits per heavy atom. The third kappa shape index (κ3) is 1.95. The highest BCUT2D eigenvalue weighted by Crippen LogP contribution is 2.05. The van der Waals surface area contributed by atoms with E-state index in [-0.39, 0.29) is 11.7 Å². The Kier molecular flexibility index (Phi) is 3.05. The first-order chi connectivity index (χ1) is 5.77. The number of hydrogen-bond acceptors (Lipinski definition) is 2. The van der Waals surface area contributed by atoms with Gasteiger partial charge in [0.15, 0.2) is 0 Å². The Hall–Kier alpha value is -1.09. The average Bonchev–Trinajstić information content (AvgIpc) is 2.10. The van der Waals surface area contributed by atoms with Crippen LogP contribution < -0.4 is 0 Å². The summed E-state index contributed by atoms with van der Waals surface area (Å²) in [6.45, 7) is 0. The van der Waals surface area contributed by atoms with Crippen LogP contribution in [-0.4, -0.2) is 16.8 Å². The van der Waals surface area contributed by atoms with E-state index in [0.717, 1.165) is 0 Å². The highest BCUT2D eigenvalue weighted by molar-refractivity contribution is 6.31. The Balaban J connectivity index is 2.96. The lowest BCUT2D eigenvalue weighted by molar-refractivity contribution is 0.319. The van der Waals surface area contributed by atoms with E-state index in [1.807, 2.05) is 0 Å². The van der Waals surface area contributed by atoms with Gasteiger partial charge in [0.1, 0.15) is 11.5 Å². The third-order valence-corrected chi connectivity index (χ3v) is 1.68. The van der Waals surface area contributed by atoms with Crippen LogP contribution in [0.3, 0.4) is 0 Å². The molecule has 2 nitrogen and oxygen atoms in total. The smallest absolute Gasteiger partial charge is 0.123 e. The van der Waals surface area contributed by atoms with Crippen LogP contribution >= 0.6 is 11.6 Å². The number of rotatable bonds is 2. The zero-order valence-electron chi connectivity index (χ0n) is 6.17. The molecule has 0 heterocycles. The molecule has 0 aliphatic heterocycles. The largest absolute Gasteiger partial charge is 0.411 e. The molecule has 0 unspecified atom stereocenters. The van der Waals surface area contributed by atoms with E-state index in [9.17, 15) is 4.39 Å². The zero-order valence-corrected chi connectivity index (χ0v) is 6.92. The van der Waals surface area contributed by atoms with Crippen LogP contribution in [0.1, 0.15) is 5.56 Å². The van der Waals surface area contributed by atoms with Crippen LogP contribution in [0.15, 0.2) is 29.4 Å². The monoisotopic (exact) mass is 187 g/mol. The van der Waals surface area contributed by atoms with E-state index < -0.39 is 0 Å². The second-order valence-electron chi connectivity index (χ2n) is 2.19. The van der Waals surface area contributed by atoms with Crippen LogP contribution in [0.25, 0.3) is 0 Å². The molecule has 12 heavy (non-hydrogen) atoms. The molecule has 4 heteroatoms. The summed E-state index contributed by atoms with van der Waals surface area (Å²) in [5, 5.41) is 11.4. The second-order valence-corrected chi connectivity index (χ2v) is 2.45. The summed E-state index contributed by atoms with van der Waals surface area (Å²) in [7, 11) is 0. The van der Waals surface area contributed by atoms with Crippen molar-refractivity contribution in [1.29, 1.82) is 0 Å². The number of nitrogens with zero attached hydrogens (tertiary/aromatic N) is 1. The first-order valence-electron chi connectivity index (χ1n) is 3.30. The second kappa shape index (κ2) is 4.07. The van der Waals surface area contributed by atoms with Gasteiger partial charge in [0.25, 0.3) is 0 Å². The van der Waals surface area contributed by atoms with E-state index in [4.69, 9.17) is 16.8 Å². The number of oxime groups is 1. The van der Waals surface area contributed by atoms with Gasteiger partial charge in [0.05, 0.1) is 5.88 Å². The lowest BCUT2D eigenvalue weighted by Gasteiger charge is -1.98. The van der Waals surface area contributed by atoms with E-state index in [2.05, 4.69) is 5.16 Å². The molecule has 0 atom stereocenters. The summed E-state index contributed by atoms with van der Waals surface area (Å²) in [6.07, 6.45) is 0. The molecule has 0 aliphatic carbocycles. The van der Waals surface area contributed by atoms with Crippen molar-refractivity contribution in [2.45, 2.75) is 0 Å². The van der Waals surface area contributed by atoms with E-state index in [1.54, 1.807) is 0 Å². The van der Waals surface area contributed by atoms with E-state index >= 15 is 0 Å². The van der Waals surface area contributed by atoms with Crippen LogP contribution in [0.5, 0.6) is 0 Å². The number of alkyl halides is 1. The van der Waals surface area contributed by atoms with Crippen molar-refractivity contribution in [2.24, 2.45) is 5.16 Å². The molecular formula is C8H7ClFNO. The summed E-state index contributed by atoms with van der Waals surface area (Å²) in [5.41, 5.74) is 0.950. The van der Waals surface area contributed by atoms with E-state index in [1.165, 1.54) is 24.3 Å². The van der Waals surface area contributed by atoms with Gasteiger partial charge in [-0.25, -0.2) is 4.39 Å². The molecule has 0 aromatic heterocycles. The van der Waals surface area contributed by atoms with Crippen molar-refractivity contribution >= 4 is 17.3 Å². The maximum absolute atomic E-state index is 12.4. The maximum atomic E-state index is 12.4. The fourth-order valence-corrected chi connectivity index (χ4v) is 1.01. The summed E-state index contributed by atoms with van der Waals surface area (Å²) in [5.74, 6) is -0.229. The van der Waals surface area contributed by atoms with Crippen LogP contribution in [0.2, 0.25) is 0 Å². The van der Waals surface area contributed by atoms with Crippen molar-refractivity contribution in [2.75, 3.05) is 5.88 Å². The lowest BCUT2D eigenvalue weighted by atomic mass is 10.1. The van der Waals surface area contributed by atoms with Gasteiger partial charge in [-0.05, 0) is 12.1 Å². The van der Waals surface area contributed by atoms with Crippen LogP contribution in [0, 0.1) is 5.82 Å². The Morgan fingerprint density at radius 1 is 1.42 bits per heavy atom. The molecule has 1 N–H and O–H groups in total. The molecule has 0 saturated heterocycles. The normalized spacial score (nSPS) is 11.7. The van der Waals surface area contributed by atoms with Crippen molar-refractivity contribution < 1.29 is 9.60 Å². The fourth-order valence-electron chi connectivity index (χ4n) is 0.804. The van der Waals surface area contributed by atoms with Gasteiger partial charge in [-0.1, -0.05) is 17.3 Å². The van der Waals surface area contributed by atoms with Gasteiger partial charge in [-0.3, -0.25) is 0 Å². The minimum absolute atomic E-state index is 0.0993. The molecule has 1 aromatic carbocycles. The molecule has 0 bridgehead atoms. The number of benzene rings is 1. The predicted molar refractivity (Wildman–Crippen MR) is 45.4 cm³/mol. The predicted octanol–water partition coefficient (Wildman–Crippen LogP) is 2.24. The molecule has 0 radical (unpaired) electrons. The minimum atomic E-state index is -0.328. The van der Waals surface area contributed by atoms with Gasteiger partial charge in [-0.2, -0.15) is 0 Å². The van der Waals surface area contributed by atoms with Crippen molar-refractivity contribution in [3.05, 3.63) is 35.6 Å². The summed E-state index contributed by atoms with van der Waals surface area (Å²) in [6, 6.07) is 5.58. The average molecular weight is 188 g/mol. The highest BCUT2D eigenvalue weighted by atomic mass is 35.5. The van der Waals surface area contributed by atoms with Crippen LogP contribution in [-0.2, 0) is 0 Å². The van der Waals surface area contributed by atoms with Gasteiger partial charge < -0.3 is 5.21 Å². The standard InChI is InChI=1S/C8H7ClFNO/c9-5-8(11-12)6-1-3-7(10)4-2-6/h1-4,12H,5H2. The fraction of sp³-hybridized carbons (Fsp3) is 0.125. The highest BCUT2D eigenvalue weighted by Gasteiger charge is 2.01. The van der Waals surface area contributed by atoms with Gasteiger partial charge in [-0.15, -0.1) is 11.6 Å². The summed E-state index contributed by atoms with van der Waals surface area (Å²) in [4.78, 5) is 0. The quantitative estimate of drug-likeness (QED) is 0.328. The first-order valence-corrected chi connectivity index (χ1v) is 3.84. The molecule has 1 aromatic rings. The Morgan fingerprint density at radius 2 is 2.00 bits per heavy atom. The molecule has 64 valence electrons. The number of halogens is 2. The van der Waals surface area contributed by atoms with Crippen LogP contribution in [0.4, 0.5) is 4.39 Å². The summed E-state index contributed by atoms with van der Waals surface area (Å²) < 4.78 is 12.4. The van der Waals surface area contributed by atoms with Gasteiger partial charge in [0.2, 0.25) is 0 Å². The SMILES string of the molecule is ON=C(CCl)c1ccc(F)cc1. The molecule has 0 fully saturated rings. The lowest BCUT2D eigenvalue weighted by Crippen LogP contribution is -2.02. The first kappa shape index (κ1) is 9.00. The van der Waals surface area contributed by atoms with Crippen molar-refractivity contribution in [3.8, 4) is 0 Å². The Bertz CT molecular complexity index is 284. The van der Waals surface area contributed by atoms with Gasteiger partial charge in [0, 0.05) is 5.56 Å².